The first-order valence-electron chi connectivity index (χ1n) is 10.3. The Kier molecular flexibility index (Phi) is 6.11. The van der Waals surface area contributed by atoms with Gasteiger partial charge < -0.3 is 14.6 Å². The summed E-state index contributed by atoms with van der Waals surface area (Å²) < 4.78 is 7.23. The van der Waals surface area contributed by atoms with Crippen molar-refractivity contribution in [1.82, 2.24) is 14.5 Å². The smallest absolute Gasteiger partial charge is 0.283 e. The average Bonchev–Trinajstić information content (AvgIpc) is 3.16. The van der Waals surface area contributed by atoms with E-state index < -0.39 is 0 Å². The predicted molar refractivity (Wildman–Crippen MR) is 123 cm³/mol. The Hall–Kier alpha value is -2.77. The maximum Gasteiger partial charge on any atom is 0.283 e. The highest BCUT2D eigenvalue weighted by atomic mass is 32.2. The zero-order valence-corrected chi connectivity index (χ0v) is 18.4. The predicted octanol–water partition coefficient (Wildman–Crippen LogP) is 2.89. The molecule has 0 amide bonds. The zero-order valence-electron chi connectivity index (χ0n) is 17.6. The quantitative estimate of drug-likeness (QED) is 0.338. The summed E-state index contributed by atoms with van der Waals surface area (Å²) in [5, 5.41) is 1.65. The molecule has 156 valence electrons. The molecule has 4 aromatic rings. The first-order chi connectivity index (χ1) is 14.7. The number of hydrogen-bond acceptors (Lipinski definition) is 4. The maximum atomic E-state index is 13.6. The third-order valence-corrected chi connectivity index (χ3v) is 6.45. The number of aromatic nitrogens is 3. The standard InChI is InChI=1S/C23H26N4O2S/c1-4-26(5-2)14-15-30-23-25-20-16-10-6-7-11-17(16)24-21(20)22(28)27(23)18-12-8-9-13-19(18)29-3/h6-13,24H,4-5,14-15H2,1-3H3/p+1. The Labute approximate surface area is 179 Å². The number of benzene rings is 2. The topological polar surface area (TPSA) is 64.4 Å². The molecule has 0 aliphatic heterocycles. The van der Waals surface area contributed by atoms with Gasteiger partial charge in [-0.1, -0.05) is 42.1 Å². The first-order valence-corrected chi connectivity index (χ1v) is 11.3. The van der Waals surface area contributed by atoms with Gasteiger partial charge in [-0.3, -0.25) is 4.79 Å². The van der Waals surface area contributed by atoms with Crippen LogP contribution < -0.4 is 15.2 Å². The van der Waals surface area contributed by atoms with Crippen LogP contribution in [0.4, 0.5) is 0 Å². The van der Waals surface area contributed by atoms with Crippen molar-refractivity contribution in [2.45, 2.75) is 19.0 Å². The van der Waals surface area contributed by atoms with Crippen molar-refractivity contribution in [1.29, 1.82) is 0 Å². The lowest BCUT2D eigenvalue weighted by molar-refractivity contribution is -0.893. The molecule has 0 unspecified atom stereocenters. The molecule has 6 nitrogen and oxygen atoms in total. The number of fused-ring (bicyclic) bond motifs is 3. The largest absolute Gasteiger partial charge is 0.495 e. The summed E-state index contributed by atoms with van der Waals surface area (Å²) in [6.07, 6.45) is 0. The lowest BCUT2D eigenvalue weighted by atomic mass is 10.2. The van der Waals surface area contributed by atoms with E-state index in [4.69, 9.17) is 9.72 Å². The van der Waals surface area contributed by atoms with Gasteiger partial charge >= 0.3 is 0 Å². The molecule has 0 saturated heterocycles. The summed E-state index contributed by atoms with van der Waals surface area (Å²) in [5.74, 6) is 1.53. The number of aromatic amines is 1. The summed E-state index contributed by atoms with van der Waals surface area (Å²) in [6.45, 7) is 7.59. The second kappa shape index (κ2) is 8.93. The molecule has 0 fully saturated rings. The number of H-pyrrole nitrogens is 1. The van der Waals surface area contributed by atoms with Crippen LogP contribution in [-0.4, -0.2) is 47.0 Å². The van der Waals surface area contributed by atoms with Crippen molar-refractivity contribution in [3.8, 4) is 11.4 Å². The fraction of sp³-hybridized carbons (Fsp3) is 0.304. The number of rotatable bonds is 8. The Morgan fingerprint density at radius 2 is 1.83 bits per heavy atom. The number of thioether (sulfide) groups is 1. The zero-order chi connectivity index (χ0) is 21.1. The van der Waals surface area contributed by atoms with E-state index in [1.165, 1.54) is 4.90 Å². The van der Waals surface area contributed by atoms with Crippen LogP contribution in [0.1, 0.15) is 13.8 Å². The lowest BCUT2D eigenvalue weighted by Crippen LogP contribution is -3.11. The van der Waals surface area contributed by atoms with Crippen molar-refractivity contribution in [2.75, 3.05) is 32.5 Å². The molecule has 2 N–H and O–H groups in total. The molecule has 0 saturated carbocycles. The van der Waals surface area contributed by atoms with Crippen LogP contribution >= 0.6 is 11.8 Å². The molecule has 30 heavy (non-hydrogen) atoms. The summed E-state index contributed by atoms with van der Waals surface area (Å²) in [5.41, 5.74) is 2.74. The van der Waals surface area contributed by atoms with E-state index >= 15 is 0 Å². The van der Waals surface area contributed by atoms with Gasteiger partial charge in [-0.2, -0.15) is 0 Å². The van der Waals surface area contributed by atoms with Gasteiger partial charge in [0.1, 0.15) is 16.8 Å². The minimum absolute atomic E-state index is 0.113. The molecular formula is C23H27N4O2S+. The number of para-hydroxylation sites is 3. The highest BCUT2D eigenvalue weighted by Gasteiger charge is 2.19. The summed E-state index contributed by atoms with van der Waals surface area (Å²) >= 11 is 1.62. The number of hydrogen-bond donors (Lipinski definition) is 2. The molecule has 7 heteroatoms. The molecule has 2 aromatic heterocycles. The van der Waals surface area contributed by atoms with Crippen LogP contribution in [0, 0.1) is 0 Å². The number of nitrogens with zero attached hydrogens (tertiary/aromatic N) is 2. The fourth-order valence-electron chi connectivity index (χ4n) is 3.76. The minimum Gasteiger partial charge on any atom is -0.495 e. The van der Waals surface area contributed by atoms with E-state index in [0.29, 0.717) is 22.1 Å². The highest BCUT2D eigenvalue weighted by molar-refractivity contribution is 7.99. The van der Waals surface area contributed by atoms with Crippen molar-refractivity contribution >= 4 is 33.7 Å². The molecule has 0 spiro atoms. The molecule has 0 aliphatic carbocycles. The van der Waals surface area contributed by atoms with E-state index in [0.717, 1.165) is 41.8 Å². The number of methoxy groups -OCH3 is 1. The molecule has 2 heterocycles. The maximum absolute atomic E-state index is 13.6. The van der Waals surface area contributed by atoms with Crippen molar-refractivity contribution in [2.24, 2.45) is 0 Å². The van der Waals surface area contributed by atoms with Gasteiger partial charge in [-0.05, 0) is 32.0 Å². The SMILES string of the molecule is CC[NH+](CC)CCSc1nc2c([nH]c3ccccc32)c(=O)n1-c1ccccc1OC. The van der Waals surface area contributed by atoms with E-state index in [1.807, 2.05) is 48.5 Å². The van der Waals surface area contributed by atoms with E-state index in [-0.39, 0.29) is 5.56 Å². The van der Waals surface area contributed by atoms with Gasteiger partial charge in [0.15, 0.2) is 5.16 Å². The van der Waals surface area contributed by atoms with E-state index in [1.54, 1.807) is 23.4 Å². The second-order valence-corrected chi connectivity index (χ2v) is 8.22. The van der Waals surface area contributed by atoms with Gasteiger partial charge in [0.05, 0.1) is 38.2 Å². The fourth-order valence-corrected chi connectivity index (χ4v) is 4.80. The number of quaternary nitrogens is 1. The second-order valence-electron chi connectivity index (χ2n) is 7.16. The monoisotopic (exact) mass is 423 g/mol. The van der Waals surface area contributed by atoms with E-state index in [2.05, 4.69) is 18.8 Å². The van der Waals surface area contributed by atoms with Crippen LogP contribution in [0.3, 0.4) is 0 Å². The van der Waals surface area contributed by atoms with Gasteiger partial charge in [0, 0.05) is 10.9 Å². The van der Waals surface area contributed by atoms with Crippen molar-refractivity contribution < 1.29 is 9.64 Å². The van der Waals surface area contributed by atoms with Crippen molar-refractivity contribution in [3.05, 3.63) is 58.9 Å². The summed E-state index contributed by atoms with van der Waals surface area (Å²) in [6, 6.07) is 15.5. The number of ether oxygens (including phenoxy) is 1. The Morgan fingerprint density at radius 3 is 2.60 bits per heavy atom. The highest BCUT2D eigenvalue weighted by Crippen LogP contribution is 2.29. The Morgan fingerprint density at radius 1 is 1.10 bits per heavy atom. The van der Waals surface area contributed by atoms with Gasteiger partial charge in [0.25, 0.3) is 5.56 Å². The van der Waals surface area contributed by atoms with Crippen LogP contribution in [0.15, 0.2) is 58.5 Å². The third-order valence-electron chi connectivity index (χ3n) is 5.51. The van der Waals surface area contributed by atoms with E-state index in [9.17, 15) is 4.79 Å². The molecule has 0 radical (unpaired) electrons. The third kappa shape index (κ3) is 3.70. The van der Waals surface area contributed by atoms with Gasteiger partial charge in [0.2, 0.25) is 0 Å². The van der Waals surface area contributed by atoms with Crippen LogP contribution in [-0.2, 0) is 0 Å². The Bertz CT molecular complexity index is 1230. The molecule has 2 aromatic carbocycles. The van der Waals surface area contributed by atoms with Gasteiger partial charge in [-0.15, -0.1) is 0 Å². The van der Waals surface area contributed by atoms with Gasteiger partial charge in [-0.25, -0.2) is 9.55 Å². The van der Waals surface area contributed by atoms with Crippen LogP contribution in [0.25, 0.3) is 27.6 Å². The lowest BCUT2D eigenvalue weighted by Gasteiger charge is -2.17. The molecular weight excluding hydrogens is 396 g/mol. The summed E-state index contributed by atoms with van der Waals surface area (Å²) in [7, 11) is 1.62. The Balaban J connectivity index is 1.89. The normalized spacial score (nSPS) is 11.6. The summed E-state index contributed by atoms with van der Waals surface area (Å²) in [4.78, 5) is 23.4. The first kappa shape index (κ1) is 20.5. The average molecular weight is 424 g/mol. The van der Waals surface area contributed by atoms with Crippen LogP contribution in [0.5, 0.6) is 5.75 Å². The molecule has 4 rings (SSSR count). The van der Waals surface area contributed by atoms with Crippen LogP contribution in [0.2, 0.25) is 0 Å². The molecule has 0 aliphatic rings. The molecule has 0 bridgehead atoms. The minimum atomic E-state index is -0.113. The number of nitrogens with one attached hydrogen (secondary N) is 2. The van der Waals surface area contributed by atoms with Crippen molar-refractivity contribution in [3.63, 3.8) is 0 Å². The molecule has 0 atom stereocenters.